The van der Waals surface area contributed by atoms with E-state index in [9.17, 15) is 33.9 Å². The highest BCUT2D eigenvalue weighted by Gasteiger charge is 2.28. The topological polar surface area (TPSA) is 293 Å². The molecule has 0 fully saturated rings. The Labute approximate surface area is 381 Å². The van der Waals surface area contributed by atoms with Gasteiger partial charge in [-0.2, -0.15) is 0 Å². The molecule has 3 aromatic rings. The lowest BCUT2D eigenvalue weighted by Crippen LogP contribution is -2.48. The number of rotatable bonds is 25. The van der Waals surface area contributed by atoms with Crippen molar-refractivity contribution in [2.45, 2.75) is 96.4 Å². The Kier molecular flexibility index (Phi) is 22.6. The van der Waals surface area contributed by atoms with Crippen molar-refractivity contribution in [1.82, 2.24) is 37.2 Å². The summed E-state index contributed by atoms with van der Waals surface area (Å²) in [6.45, 7) is 8.96. The van der Waals surface area contributed by atoms with Crippen LogP contribution in [-0.2, 0) is 30.5 Å². The third-order valence-corrected chi connectivity index (χ3v) is 9.59. The quantitative estimate of drug-likeness (QED) is 0.0334. The highest BCUT2D eigenvalue weighted by atomic mass is 16.6. The van der Waals surface area contributed by atoms with Gasteiger partial charge in [-0.1, -0.05) is 61.5 Å². The number of urea groups is 1. The number of aliphatic imine (C=N–C) groups is 1. The molecule has 0 spiro atoms. The van der Waals surface area contributed by atoms with E-state index in [2.05, 4.69) is 47.5 Å². The maximum Gasteiger partial charge on any atom is 0.408 e. The van der Waals surface area contributed by atoms with Gasteiger partial charge in [-0.25, -0.2) is 9.59 Å². The number of nitrogens with zero attached hydrogens (tertiary/aromatic N) is 1. The molecule has 0 aromatic heterocycles. The number of hydrogen-bond acceptors (Lipinski definition) is 11. The second-order valence-electron chi connectivity index (χ2n) is 16.1. The lowest BCUT2D eigenvalue weighted by molar-refractivity contribution is -0.129. The van der Waals surface area contributed by atoms with Crippen LogP contribution in [0.3, 0.4) is 0 Å². The van der Waals surface area contributed by atoms with Gasteiger partial charge < -0.3 is 58.5 Å². The van der Waals surface area contributed by atoms with Gasteiger partial charge in [0.2, 0.25) is 23.6 Å². The smallest absolute Gasteiger partial charge is 0.408 e. The molecule has 7 amide bonds. The van der Waals surface area contributed by atoms with Crippen molar-refractivity contribution in [2.24, 2.45) is 16.5 Å². The van der Waals surface area contributed by atoms with Gasteiger partial charge in [-0.15, -0.1) is 0 Å². The van der Waals surface area contributed by atoms with E-state index < -0.39 is 47.5 Å². The largest absolute Gasteiger partial charge is 0.508 e. The van der Waals surface area contributed by atoms with Crippen LogP contribution >= 0.6 is 0 Å². The minimum atomic E-state index is -0.970. The number of nitrogens with one attached hydrogen (secondary N) is 8. The number of anilines is 1. The van der Waals surface area contributed by atoms with E-state index in [0.717, 1.165) is 11.3 Å². The van der Waals surface area contributed by atoms with E-state index in [4.69, 9.17) is 16.2 Å². The summed E-state index contributed by atoms with van der Waals surface area (Å²) in [5, 5.41) is 32.0. The number of amides is 7. The number of hydrogen-bond donors (Lipinski definition) is 11. The number of guanidine groups is 1. The SMILES string of the molecule is CCC(=O)NCCNC(=O)NC(N)=NCCC[C@@H](NC(=O)C(c1ccccc1)c1ccc(NCCCNC(=O)[C@@H](CCCN)NC(=O)OC(C)(C)C)cc1)C(=O)NCc1ccc(O)cc1. The number of phenols is 1. The lowest BCUT2D eigenvalue weighted by atomic mass is 9.90. The van der Waals surface area contributed by atoms with Crippen LogP contribution in [0, 0.1) is 0 Å². The first-order valence-electron chi connectivity index (χ1n) is 21.9. The van der Waals surface area contributed by atoms with Crippen LogP contribution in [0.1, 0.15) is 88.8 Å². The Morgan fingerprint density at radius 1 is 0.708 bits per heavy atom. The van der Waals surface area contributed by atoms with Crippen LogP contribution in [0.4, 0.5) is 15.3 Å². The summed E-state index contributed by atoms with van der Waals surface area (Å²) in [5.41, 5.74) is 13.8. The van der Waals surface area contributed by atoms with Crippen LogP contribution in [0.5, 0.6) is 5.75 Å². The number of carbonyl (C=O) groups excluding carboxylic acids is 6. The molecule has 13 N–H and O–H groups in total. The van der Waals surface area contributed by atoms with E-state index in [1.165, 1.54) is 12.1 Å². The molecule has 3 atom stereocenters. The third-order valence-electron chi connectivity index (χ3n) is 9.59. The van der Waals surface area contributed by atoms with Gasteiger partial charge in [0.15, 0.2) is 5.96 Å². The zero-order valence-electron chi connectivity index (χ0n) is 37.8. The second-order valence-corrected chi connectivity index (χ2v) is 16.1. The molecule has 0 aliphatic carbocycles. The summed E-state index contributed by atoms with van der Waals surface area (Å²) >= 11 is 0. The molecule has 19 nitrogen and oxygen atoms in total. The zero-order chi connectivity index (χ0) is 47.6. The van der Waals surface area contributed by atoms with Crippen molar-refractivity contribution in [3.8, 4) is 5.75 Å². The molecule has 354 valence electrons. The summed E-state index contributed by atoms with van der Waals surface area (Å²) < 4.78 is 5.31. The number of aromatic hydroxyl groups is 1. The van der Waals surface area contributed by atoms with Crippen LogP contribution in [-0.4, -0.2) is 104 Å². The van der Waals surface area contributed by atoms with Crippen molar-refractivity contribution in [1.29, 1.82) is 0 Å². The van der Waals surface area contributed by atoms with Crippen molar-refractivity contribution >= 4 is 47.4 Å². The number of alkyl carbamates (subject to hydrolysis) is 1. The maximum atomic E-state index is 14.3. The molecule has 3 rings (SSSR count). The summed E-state index contributed by atoms with van der Waals surface area (Å²) in [6, 6.07) is 20.7. The number of benzene rings is 3. The monoisotopic (exact) mass is 902 g/mol. The summed E-state index contributed by atoms with van der Waals surface area (Å²) in [4.78, 5) is 80.9. The first kappa shape index (κ1) is 52.5. The van der Waals surface area contributed by atoms with E-state index in [1.807, 2.05) is 54.6 Å². The van der Waals surface area contributed by atoms with E-state index in [1.54, 1.807) is 39.8 Å². The molecule has 0 saturated heterocycles. The standard InChI is InChI=1S/C46H67N11O8/c1-5-38(59)50-28-29-53-44(63)57-43(48)52-25-10-15-36(41(61)54-30-31-16-22-35(58)23-17-31)55-42(62)39(32-12-7-6-8-13-32)33-18-20-34(21-19-33)49-26-11-27-51-40(60)37(14-9-24-47)56-45(64)65-46(2,3)4/h6-8,12-13,16-23,36-37,39,49,58H,5,9-11,14-15,24-30,47H2,1-4H3,(H,50,59)(H,51,60)(H,54,61)(H,55,62)(H,56,64)(H4,48,52,53,57,63)/t36-,37-,39?/m1/s1. The van der Waals surface area contributed by atoms with E-state index >= 15 is 0 Å². The fraction of sp³-hybridized carbons (Fsp3) is 0.457. The summed E-state index contributed by atoms with van der Waals surface area (Å²) in [7, 11) is 0. The highest BCUT2D eigenvalue weighted by molar-refractivity contribution is 5.95. The van der Waals surface area contributed by atoms with Crippen molar-refractivity contribution in [2.75, 3.05) is 44.6 Å². The molecule has 65 heavy (non-hydrogen) atoms. The molecule has 0 radical (unpaired) electrons. The Bertz CT molecular complexity index is 1990. The number of carbonyl (C=O) groups is 6. The Morgan fingerprint density at radius 2 is 1.34 bits per heavy atom. The minimum absolute atomic E-state index is 0.0917. The van der Waals surface area contributed by atoms with Crippen molar-refractivity contribution in [3.63, 3.8) is 0 Å². The predicted molar refractivity (Wildman–Crippen MR) is 250 cm³/mol. The molecule has 0 aliphatic heterocycles. The molecule has 0 aliphatic rings. The van der Waals surface area contributed by atoms with Crippen LogP contribution in [0.25, 0.3) is 0 Å². The normalized spacial score (nSPS) is 12.7. The highest BCUT2D eigenvalue weighted by Crippen LogP contribution is 2.27. The molecule has 3 aromatic carbocycles. The van der Waals surface area contributed by atoms with Crippen LogP contribution in [0.2, 0.25) is 0 Å². The van der Waals surface area contributed by atoms with Gasteiger partial charge in [0, 0.05) is 51.4 Å². The van der Waals surface area contributed by atoms with Gasteiger partial charge >= 0.3 is 12.1 Å². The average Bonchev–Trinajstić information content (AvgIpc) is 3.27. The maximum absolute atomic E-state index is 14.3. The first-order chi connectivity index (χ1) is 31.1. The molecule has 0 saturated carbocycles. The molecule has 0 heterocycles. The predicted octanol–water partition coefficient (Wildman–Crippen LogP) is 2.80. The number of nitrogens with two attached hydrogens (primary N) is 2. The first-order valence-corrected chi connectivity index (χ1v) is 21.9. The van der Waals surface area contributed by atoms with Crippen molar-refractivity contribution < 1.29 is 38.6 Å². The Hall–Kier alpha value is -6.89. The molecule has 0 bridgehead atoms. The molecular formula is C46H67N11O8. The zero-order valence-corrected chi connectivity index (χ0v) is 37.8. The fourth-order valence-electron chi connectivity index (χ4n) is 6.28. The summed E-state index contributed by atoms with van der Waals surface area (Å²) in [5.74, 6) is -2.11. The Morgan fingerprint density at radius 3 is 2.00 bits per heavy atom. The van der Waals surface area contributed by atoms with Crippen molar-refractivity contribution in [3.05, 3.63) is 95.6 Å². The van der Waals surface area contributed by atoms with Gasteiger partial charge in [-0.3, -0.25) is 29.5 Å². The minimum Gasteiger partial charge on any atom is -0.508 e. The summed E-state index contributed by atoms with van der Waals surface area (Å²) in [6.07, 6.45) is 1.68. The van der Waals surface area contributed by atoms with Gasteiger partial charge in [-0.05, 0) is 100 Å². The molecule has 1 unspecified atom stereocenters. The lowest BCUT2D eigenvalue weighted by Gasteiger charge is -2.23. The van der Waals surface area contributed by atoms with Gasteiger partial charge in [0.05, 0.1) is 5.92 Å². The van der Waals surface area contributed by atoms with Gasteiger partial charge in [0.1, 0.15) is 23.4 Å². The number of phenolic OH excluding ortho intramolecular Hbond substituents is 1. The Balaban J connectivity index is 1.65. The van der Waals surface area contributed by atoms with E-state index in [0.29, 0.717) is 62.9 Å². The van der Waals surface area contributed by atoms with Crippen LogP contribution in [0.15, 0.2) is 83.9 Å². The average molecular weight is 902 g/mol. The second kappa shape index (κ2) is 28.0. The van der Waals surface area contributed by atoms with Crippen LogP contribution < -0.4 is 54.0 Å². The van der Waals surface area contributed by atoms with Gasteiger partial charge in [0.25, 0.3) is 0 Å². The van der Waals surface area contributed by atoms with E-state index in [-0.39, 0.29) is 56.1 Å². The third kappa shape index (κ3) is 20.9. The fourth-order valence-corrected chi connectivity index (χ4v) is 6.28. The molecule has 19 heteroatoms. The molecular weight excluding hydrogens is 835 g/mol. The number of ether oxygens (including phenoxy) is 1.